The van der Waals surface area contributed by atoms with Crippen molar-refractivity contribution in [1.82, 2.24) is 20.1 Å². The number of hydrogen-bond acceptors (Lipinski definition) is 6. The molecule has 0 radical (unpaired) electrons. The van der Waals surface area contributed by atoms with E-state index in [4.69, 9.17) is 4.74 Å². The van der Waals surface area contributed by atoms with E-state index >= 15 is 0 Å². The van der Waals surface area contributed by atoms with Gasteiger partial charge in [-0.3, -0.25) is 9.67 Å². The number of anilines is 1. The quantitative estimate of drug-likeness (QED) is 0.281. The Balaban J connectivity index is 0.000000636. The minimum absolute atomic E-state index is 0.193. The van der Waals surface area contributed by atoms with Crippen LogP contribution in [-0.2, 0) is 24.7 Å². The molecule has 1 aromatic carbocycles. The number of aryl methyl sites for hydroxylation is 3. The van der Waals surface area contributed by atoms with Crippen molar-refractivity contribution in [3.05, 3.63) is 47.4 Å². The summed E-state index contributed by atoms with van der Waals surface area (Å²) in [4.78, 5) is 17.0. The average Bonchev–Trinajstić information content (AvgIpc) is 3.35. The number of piperazine rings is 1. The van der Waals surface area contributed by atoms with Gasteiger partial charge in [-0.2, -0.15) is 5.10 Å². The number of benzene rings is 1. The Bertz CT molecular complexity index is 1190. The second-order valence-corrected chi connectivity index (χ2v) is 11.1. The standard InChI is InChI=1S/C15H25N3.C12H16N2O.C5H10O.2C2H6/c1-5-6-13-12(2)16-8-7-14(13)18-10-9-17-15(3,4)11-18;1-4-5-9-6-10-8-14(2)13-11(10)7-12(9)15-3;1-3-4-5(2)6;2*1-2/h7-8,17H,5-6,9-11H2,1-4H3;6-8H,4-5H2,1-3H3;3-4H2,1-2H3;2*1-2H3. The molecule has 244 valence electrons. The highest BCUT2D eigenvalue weighted by Crippen LogP contribution is 2.27. The molecule has 0 atom stereocenters. The molecule has 0 amide bonds. The van der Waals surface area contributed by atoms with Gasteiger partial charge in [-0.15, -0.1) is 0 Å². The number of nitrogens with one attached hydrogen (secondary N) is 1. The molecule has 3 heterocycles. The molecule has 0 bridgehead atoms. The van der Waals surface area contributed by atoms with E-state index in [-0.39, 0.29) is 11.3 Å². The Morgan fingerprint density at radius 3 is 2.21 bits per heavy atom. The normalized spacial score (nSPS) is 13.2. The third-order valence-corrected chi connectivity index (χ3v) is 6.80. The Morgan fingerprint density at radius 1 is 1.05 bits per heavy atom. The topological polar surface area (TPSA) is 72.3 Å². The van der Waals surface area contributed by atoms with Crippen LogP contribution < -0.4 is 15.0 Å². The van der Waals surface area contributed by atoms with Gasteiger partial charge in [0, 0.05) is 73.9 Å². The summed E-state index contributed by atoms with van der Waals surface area (Å²) >= 11 is 0. The molecule has 3 aromatic rings. The fraction of sp³-hybridized carbons (Fsp3) is 0.639. The van der Waals surface area contributed by atoms with Gasteiger partial charge in [0.25, 0.3) is 0 Å². The minimum atomic E-state index is 0.193. The first-order chi connectivity index (χ1) is 20.5. The van der Waals surface area contributed by atoms with E-state index in [9.17, 15) is 4.79 Å². The molecule has 2 aromatic heterocycles. The summed E-state index contributed by atoms with van der Waals surface area (Å²) in [5.74, 6) is 1.24. The maximum Gasteiger partial charge on any atom is 0.129 e. The first-order valence-electron chi connectivity index (χ1n) is 16.5. The summed E-state index contributed by atoms with van der Waals surface area (Å²) in [7, 11) is 3.65. The molecular formula is C36H63N5O2. The van der Waals surface area contributed by atoms with Crippen molar-refractivity contribution in [3.63, 3.8) is 0 Å². The number of Topliss-reactive ketones (excluding diaryl/α,β-unsaturated/α-hetero) is 1. The molecule has 43 heavy (non-hydrogen) atoms. The van der Waals surface area contributed by atoms with Crippen LogP contribution in [0.5, 0.6) is 5.75 Å². The number of nitrogens with zero attached hydrogens (tertiary/aromatic N) is 4. The van der Waals surface area contributed by atoms with Gasteiger partial charge in [-0.1, -0.05) is 61.3 Å². The molecule has 1 fully saturated rings. The number of rotatable bonds is 8. The number of fused-ring (bicyclic) bond motifs is 1. The first-order valence-corrected chi connectivity index (χ1v) is 16.5. The SMILES string of the molecule is CC.CC.CCCC(C)=O.CCCc1c(N2CCNC(C)(C)C2)ccnc1C.CCCc1cc2cn(C)nc2cc1OC. The third-order valence-electron chi connectivity index (χ3n) is 6.80. The summed E-state index contributed by atoms with van der Waals surface area (Å²) < 4.78 is 7.20. The van der Waals surface area contributed by atoms with E-state index in [2.05, 4.69) is 67.1 Å². The molecule has 0 aliphatic carbocycles. The second-order valence-electron chi connectivity index (χ2n) is 11.1. The van der Waals surface area contributed by atoms with Crippen LogP contribution >= 0.6 is 0 Å². The van der Waals surface area contributed by atoms with Crippen molar-refractivity contribution < 1.29 is 9.53 Å². The molecule has 7 nitrogen and oxygen atoms in total. The highest BCUT2D eigenvalue weighted by molar-refractivity contribution is 5.81. The lowest BCUT2D eigenvalue weighted by atomic mass is 9.99. The third kappa shape index (κ3) is 13.9. The predicted octanol–water partition coefficient (Wildman–Crippen LogP) is 8.49. The lowest BCUT2D eigenvalue weighted by Gasteiger charge is -2.41. The van der Waals surface area contributed by atoms with Crippen molar-refractivity contribution in [2.45, 2.75) is 120 Å². The lowest BCUT2D eigenvalue weighted by Crippen LogP contribution is -2.57. The molecule has 0 unspecified atom stereocenters. The Morgan fingerprint density at radius 2 is 1.70 bits per heavy atom. The van der Waals surface area contributed by atoms with E-state index in [1.54, 1.807) is 14.0 Å². The molecule has 0 saturated carbocycles. The number of hydrogen-bond donors (Lipinski definition) is 1. The van der Waals surface area contributed by atoms with Crippen molar-refractivity contribution in [3.8, 4) is 5.75 Å². The van der Waals surface area contributed by atoms with Crippen LogP contribution in [0.2, 0.25) is 0 Å². The van der Waals surface area contributed by atoms with Crippen LogP contribution in [0.4, 0.5) is 5.69 Å². The number of carbonyl (C=O) groups is 1. The zero-order valence-corrected chi connectivity index (χ0v) is 29.9. The summed E-state index contributed by atoms with van der Waals surface area (Å²) in [6, 6.07) is 6.37. The second kappa shape index (κ2) is 21.7. The van der Waals surface area contributed by atoms with Gasteiger partial charge in [-0.25, -0.2) is 0 Å². The van der Waals surface area contributed by atoms with Crippen molar-refractivity contribution in [2.75, 3.05) is 31.6 Å². The number of pyridine rings is 1. The highest BCUT2D eigenvalue weighted by Gasteiger charge is 2.27. The molecule has 0 spiro atoms. The average molecular weight is 598 g/mol. The Labute approximate surface area is 263 Å². The van der Waals surface area contributed by atoms with Gasteiger partial charge >= 0.3 is 0 Å². The van der Waals surface area contributed by atoms with Crippen LogP contribution in [0.25, 0.3) is 10.9 Å². The van der Waals surface area contributed by atoms with Crippen molar-refractivity contribution >= 4 is 22.4 Å². The van der Waals surface area contributed by atoms with E-state index in [0.717, 1.165) is 63.0 Å². The fourth-order valence-corrected chi connectivity index (χ4v) is 5.02. The lowest BCUT2D eigenvalue weighted by molar-refractivity contribution is -0.117. The molecule has 1 saturated heterocycles. The maximum atomic E-state index is 10.0. The van der Waals surface area contributed by atoms with Gasteiger partial charge < -0.3 is 19.7 Å². The summed E-state index contributed by atoms with van der Waals surface area (Å²) in [6.45, 7) is 25.9. The zero-order valence-electron chi connectivity index (χ0n) is 29.9. The van der Waals surface area contributed by atoms with Crippen LogP contribution in [0.15, 0.2) is 30.6 Å². The van der Waals surface area contributed by atoms with Crippen LogP contribution in [0, 0.1) is 6.92 Å². The number of ether oxygens (including phenoxy) is 1. The molecule has 1 aliphatic heterocycles. The molecule has 4 rings (SSSR count). The van der Waals surface area contributed by atoms with E-state index in [0.29, 0.717) is 0 Å². The first kappa shape index (κ1) is 40.1. The van der Waals surface area contributed by atoms with Gasteiger partial charge in [0.1, 0.15) is 11.5 Å². The van der Waals surface area contributed by atoms with E-state index in [1.807, 2.05) is 64.8 Å². The van der Waals surface area contributed by atoms with Crippen molar-refractivity contribution in [1.29, 1.82) is 0 Å². The number of aromatic nitrogens is 3. The largest absolute Gasteiger partial charge is 0.496 e. The molecule has 1 N–H and O–H groups in total. The highest BCUT2D eigenvalue weighted by atomic mass is 16.5. The minimum Gasteiger partial charge on any atom is -0.496 e. The predicted molar refractivity (Wildman–Crippen MR) is 187 cm³/mol. The zero-order chi connectivity index (χ0) is 33.0. The van der Waals surface area contributed by atoms with Gasteiger partial charge in [0.15, 0.2) is 0 Å². The molecule has 1 aliphatic rings. The summed E-state index contributed by atoms with van der Waals surface area (Å²) in [6.07, 6.45) is 10.2. The van der Waals surface area contributed by atoms with Crippen LogP contribution in [0.1, 0.15) is 112 Å². The van der Waals surface area contributed by atoms with E-state index in [1.165, 1.54) is 34.3 Å². The molecular weight excluding hydrogens is 534 g/mol. The van der Waals surface area contributed by atoms with Gasteiger partial charge in [0.2, 0.25) is 0 Å². The van der Waals surface area contributed by atoms with Crippen molar-refractivity contribution in [2.24, 2.45) is 7.05 Å². The summed E-state index contributed by atoms with van der Waals surface area (Å²) in [5.41, 5.74) is 6.45. The number of ketones is 1. The maximum absolute atomic E-state index is 10.0. The Hall–Kier alpha value is -2.93. The van der Waals surface area contributed by atoms with Crippen LogP contribution in [-0.4, -0.2) is 52.8 Å². The van der Waals surface area contributed by atoms with Gasteiger partial charge in [0.05, 0.1) is 12.6 Å². The van der Waals surface area contributed by atoms with E-state index < -0.39 is 0 Å². The number of methoxy groups -OCH3 is 1. The Kier molecular flexibility index (Phi) is 20.2. The fourth-order valence-electron chi connectivity index (χ4n) is 5.02. The number of carbonyl (C=O) groups excluding carboxylic acids is 1. The molecule has 7 heteroatoms. The van der Waals surface area contributed by atoms with Crippen LogP contribution in [0.3, 0.4) is 0 Å². The summed E-state index contributed by atoms with van der Waals surface area (Å²) in [5, 5.41) is 9.11. The monoisotopic (exact) mass is 597 g/mol. The smallest absolute Gasteiger partial charge is 0.129 e. The van der Waals surface area contributed by atoms with Gasteiger partial charge in [-0.05, 0) is 70.2 Å².